The summed E-state index contributed by atoms with van der Waals surface area (Å²) >= 11 is 0. The number of nitrogens with one attached hydrogen (secondary N) is 1. The van der Waals surface area contributed by atoms with Crippen LogP contribution in [0.3, 0.4) is 0 Å². The summed E-state index contributed by atoms with van der Waals surface area (Å²) in [5.41, 5.74) is 4.57. The van der Waals surface area contributed by atoms with Crippen LogP contribution in [0.5, 0.6) is 5.75 Å². The van der Waals surface area contributed by atoms with Crippen molar-refractivity contribution in [3.8, 4) is 17.1 Å². The molecule has 166 valence electrons. The number of aliphatic hydroxyl groups excluding tert-OH is 1. The minimum atomic E-state index is -1.53. The van der Waals surface area contributed by atoms with Gasteiger partial charge < -0.3 is 19.3 Å². The highest BCUT2D eigenvalue weighted by molar-refractivity contribution is 7.86. The average molecular weight is 452 g/mol. The van der Waals surface area contributed by atoms with E-state index in [1.165, 1.54) is 5.56 Å². The molecule has 1 saturated carbocycles. The van der Waals surface area contributed by atoms with Crippen LogP contribution >= 0.6 is 0 Å². The van der Waals surface area contributed by atoms with Gasteiger partial charge in [-0.3, -0.25) is 4.72 Å². The smallest absolute Gasteiger partial charge is 0.185 e. The second kappa shape index (κ2) is 7.35. The average Bonchev–Trinajstić information content (AvgIpc) is 3.45. The van der Waals surface area contributed by atoms with Crippen LogP contribution in [-0.4, -0.2) is 40.8 Å². The van der Waals surface area contributed by atoms with Gasteiger partial charge in [-0.2, -0.15) is 0 Å². The third-order valence-corrected chi connectivity index (χ3v) is 8.24. The molecule has 1 saturated heterocycles. The van der Waals surface area contributed by atoms with Gasteiger partial charge in [0.05, 0.1) is 19.8 Å². The number of hydrogen-bond acceptors (Lipinski definition) is 6. The zero-order chi connectivity index (χ0) is 21.9. The van der Waals surface area contributed by atoms with E-state index in [2.05, 4.69) is 33.0 Å². The van der Waals surface area contributed by atoms with Crippen LogP contribution in [0.1, 0.15) is 30.4 Å². The van der Waals surface area contributed by atoms with Crippen molar-refractivity contribution in [3.05, 3.63) is 53.6 Å². The van der Waals surface area contributed by atoms with Gasteiger partial charge >= 0.3 is 0 Å². The normalized spacial score (nSPS) is 20.8. The zero-order valence-electron chi connectivity index (χ0n) is 17.8. The highest BCUT2D eigenvalue weighted by Crippen LogP contribution is 2.58. The van der Waals surface area contributed by atoms with Gasteiger partial charge in [0, 0.05) is 28.8 Å². The molecule has 2 heterocycles. The summed E-state index contributed by atoms with van der Waals surface area (Å²) in [6, 6.07) is 14.0. The van der Waals surface area contributed by atoms with Gasteiger partial charge in [0.2, 0.25) is 0 Å². The number of anilines is 2. The standard InChI is InChI=1S/C24H25N3O4S/c1-30-20-4-2-3-5-21(20)32(29)26-23-18-13-24(9-10-24)19-7-6-15(27-11-8-16(27)14-28)12-17(19)22(18)31-25-23/h2-7,12,16,28H,8-11,13-14H2,1H3,(H,25,26). The molecule has 2 unspecified atom stereocenters. The third-order valence-electron chi connectivity index (χ3n) is 7.12. The third kappa shape index (κ3) is 2.97. The Balaban J connectivity index is 1.36. The SMILES string of the molecule is COc1ccccc1S(=O)Nc1noc2c1CC1(CC1)c1ccc(N3CCC3CO)cc1-2. The van der Waals surface area contributed by atoms with Crippen molar-refractivity contribution in [2.75, 3.05) is 29.9 Å². The molecule has 1 spiro atoms. The van der Waals surface area contributed by atoms with Crippen molar-refractivity contribution in [1.82, 2.24) is 5.16 Å². The maximum absolute atomic E-state index is 13.1. The van der Waals surface area contributed by atoms with Crippen LogP contribution in [0.4, 0.5) is 11.5 Å². The first kappa shape index (κ1) is 19.8. The lowest BCUT2D eigenvalue weighted by Crippen LogP contribution is -2.50. The van der Waals surface area contributed by atoms with Crippen LogP contribution in [0.2, 0.25) is 0 Å². The Kier molecular flexibility index (Phi) is 4.55. The van der Waals surface area contributed by atoms with Crippen LogP contribution in [0.25, 0.3) is 11.3 Å². The molecule has 6 rings (SSSR count). The van der Waals surface area contributed by atoms with E-state index in [0.717, 1.165) is 54.8 Å². The molecule has 3 aliphatic rings. The van der Waals surface area contributed by atoms with Crippen molar-refractivity contribution >= 4 is 22.5 Å². The Morgan fingerprint density at radius 2 is 2.16 bits per heavy atom. The van der Waals surface area contributed by atoms with Crippen LogP contribution in [0.15, 0.2) is 51.9 Å². The summed E-state index contributed by atoms with van der Waals surface area (Å²) in [7, 11) is 0.0403. The number of hydrogen-bond donors (Lipinski definition) is 2. The number of methoxy groups -OCH3 is 1. The predicted molar refractivity (Wildman–Crippen MR) is 122 cm³/mol. The lowest BCUT2D eigenvalue weighted by atomic mass is 9.79. The first-order chi connectivity index (χ1) is 15.6. The molecule has 0 bridgehead atoms. The van der Waals surface area contributed by atoms with Gasteiger partial charge in [-0.25, -0.2) is 4.21 Å². The fraction of sp³-hybridized carbons (Fsp3) is 0.375. The summed E-state index contributed by atoms with van der Waals surface area (Å²) in [5.74, 6) is 1.85. The topological polar surface area (TPSA) is 87.8 Å². The maximum Gasteiger partial charge on any atom is 0.185 e. The summed E-state index contributed by atoms with van der Waals surface area (Å²) < 4.78 is 27.3. The Hall–Kier alpha value is -2.84. The molecule has 7 nitrogen and oxygen atoms in total. The summed E-state index contributed by atoms with van der Waals surface area (Å²) in [4.78, 5) is 2.81. The number of aliphatic hydroxyl groups is 1. The fourth-order valence-corrected chi connectivity index (χ4v) is 6.02. The van der Waals surface area contributed by atoms with Crippen molar-refractivity contribution < 1.29 is 18.6 Å². The van der Waals surface area contributed by atoms with Gasteiger partial charge in [-0.15, -0.1) is 0 Å². The van der Waals surface area contributed by atoms with Crippen LogP contribution in [-0.2, 0) is 22.8 Å². The molecule has 2 aliphatic carbocycles. The summed E-state index contributed by atoms with van der Waals surface area (Å²) in [5, 5.41) is 13.9. The quantitative estimate of drug-likeness (QED) is 0.595. The second-order valence-corrected chi connectivity index (χ2v) is 10.0. The van der Waals surface area contributed by atoms with E-state index in [9.17, 15) is 9.32 Å². The molecule has 1 aliphatic heterocycles. The minimum Gasteiger partial charge on any atom is -0.495 e. The number of rotatable bonds is 6. The highest BCUT2D eigenvalue weighted by Gasteiger charge is 2.50. The molecule has 2 atom stereocenters. The first-order valence-corrected chi connectivity index (χ1v) is 12.1. The van der Waals surface area contributed by atoms with E-state index in [1.807, 2.05) is 12.1 Å². The highest BCUT2D eigenvalue weighted by atomic mass is 32.2. The van der Waals surface area contributed by atoms with Gasteiger partial charge in [0.1, 0.15) is 10.6 Å². The summed E-state index contributed by atoms with van der Waals surface area (Å²) in [6.07, 6.45) is 4.09. The molecular formula is C24H25N3O4S. The van der Waals surface area contributed by atoms with Crippen molar-refractivity contribution in [1.29, 1.82) is 0 Å². The van der Waals surface area contributed by atoms with Gasteiger partial charge in [0.25, 0.3) is 0 Å². The largest absolute Gasteiger partial charge is 0.495 e. The Morgan fingerprint density at radius 3 is 2.88 bits per heavy atom. The number of benzene rings is 2. The molecule has 32 heavy (non-hydrogen) atoms. The van der Waals surface area contributed by atoms with E-state index in [-0.39, 0.29) is 18.1 Å². The van der Waals surface area contributed by atoms with E-state index in [4.69, 9.17) is 9.26 Å². The number of para-hydroxylation sites is 1. The van der Waals surface area contributed by atoms with Gasteiger partial charge in [0.15, 0.2) is 22.6 Å². The molecular weight excluding hydrogens is 426 g/mol. The molecule has 0 amide bonds. The molecule has 0 radical (unpaired) electrons. The maximum atomic E-state index is 13.1. The minimum absolute atomic E-state index is 0.111. The molecule has 2 fully saturated rings. The van der Waals surface area contributed by atoms with Crippen LogP contribution < -0.4 is 14.4 Å². The van der Waals surface area contributed by atoms with Crippen LogP contribution in [0, 0.1) is 0 Å². The fourth-order valence-electron chi connectivity index (χ4n) is 5.04. The van der Waals surface area contributed by atoms with E-state index in [1.54, 1.807) is 19.2 Å². The molecule has 2 aromatic carbocycles. The lowest BCUT2D eigenvalue weighted by Gasteiger charge is -2.42. The van der Waals surface area contributed by atoms with E-state index >= 15 is 0 Å². The molecule has 2 N–H and O–H groups in total. The van der Waals surface area contributed by atoms with Crippen molar-refractivity contribution in [2.45, 2.75) is 42.0 Å². The molecule has 3 aromatic rings. The first-order valence-electron chi connectivity index (χ1n) is 11.0. The zero-order valence-corrected chi connectivity index (χ0v) is 18.7. The van der Waals surface area contributed by atoms with Crippen molar-refractivity contribution in [3.63, 3.8) is 0 Å². The Bertz CT molecular complexity index is 1220. The summed E-state index contributed by atoms with van der Waals surface area (Å²) in [6.45, 7) is 1.11. The number of ether oxygens (including phenoxy) is 1. The predicted octanol–water partition coefficient (Wildman–Crippen LogP) is 3.64. The van der Waals surface area contributed by atoms with Gasteiger partial charge in [-0.1, -0.05) is 23.4 Å². The molecule has 8 heteroatoms. The number of fused-ring (bicyclic) bond motifs is 4. The van der Waals surface area contributed by atoms with E-state index < -0.39 is 11.0 Å². The Labute approximate surface area is 189 Å². The second-order valence-electron chi connectivity index (χ2n) is 8.87. The van der Waals surface area contributed by atoms with Gasteiger partial charge in [-0.05, 0) is 55.5 Å². The number of aromatic nitrogens is 1. The molecule has 1 aromatic heterocycles. The lowest BCUT2D eigenvalue weighted by molar-refractivity contribution is 0.226. The van der Waals surface area contributed by atoms with Crippen molar-refractivity contribution in [2.24, 2.45) is 0 Å². The van der Waals surface area contributed by atoms with E-state index in [0.29, 0.717) is 16.5 Å². The monoisotopic (exact) mass is 451 g/mol. The number of nitrogens with zero attached hydrogens (tertiary/aromatic N) is 2. The Morgan fingerprint density at radius 1 is 1.31 bits per heavy atom.